The molecule has 0 heterocycles. The van der Waals surface area contributed by atoms with Crippen LogP contribution in [0.2, 0.25) is 0 Å². The van der Waals surface area contributed by atoms with Crippen molar-refractivity contribution in [3.8, 4) is 0 Å². The highest BCUT2D eigenvalue weighted by Gasteiger charge is 2.24. The number of ether oxygens (including phenoxy) is 2. The molecule has 0 bridgehead atoms. The Morgan fingerprint density at radius 1 is 1.00 bits per heavy atom. The van der Waals surface area contributed by atoms with Crippen molar-refractivity contribution in [1.82, 2.24) is 4.90 Å². The molecule has 0 aliphatic rings. The molecule has 0 aromatic rings. The van der Waals surface area contributed by atoms with Crippen LogP contribution in [-0.4, -0.2) is 62.7 Å². The van der Waals surface area contributed by atoms with E-state index in [0.717, 1.165) is 52.5 Å². The lowest BCUT2D eigenvalue weighted by Gasteiger charge is -2.33. The Balaban J connectivity index is 4.16. The molecule has 0 fully saturated rings. The highest BCUT2D eigenvalue weighted by molar-refractivity contribution is 4.76. The largest absolute Gasteiger partial charge is 0.396 e. The summed E-state index contributed by atoms with van der Waals surface area (Å²) in [6, 6.07) is 0. The second kappa shape index (κ2) is 10.7. The molecule has 0 radical (unpaired) electrons. The topological polar surface area (TPSA) is 41.9 Å². The van der Waals surface area contributed by atoms with Gasteiger partial charge in [0.1, 0.15) is 0 Å². The van der Waals surface area contributed by atoms with Crippen LogP contribution in [-0.2, 0) is 9.47 Å². The van der Waals surface area contributed by atoms with E-state index in [9.17, 15) is 5.11 Å². The monoisotopic (exact) mass is 261 g/mol. The first kappa shape index (κ1) is 17.8. The van der Waals surface area contributed by atoms with Gasteiger partial charge in [-0.15, -0.1) is 0 Å². The minimum Gasteiger partial charge on any atom is -0.396 e. The van der Waals surface area contributed by atoms with E-state index in [4.69, 9.17) is 9.47 Å². The van der Waals surface area contributed by atoms with E-state index in [-0.39, 0.29) is 12.0 Å². The van der Waals surface area contributed by atoms with Gasteiger partial charge in [-0.1, -0.05) is 13.8 Å². The van der Waals surface area contributed by atoms with Crippen molar-refractivity contribution >= 4 is 0 Å². The predicted octanol–water partition coefficient (Wildman–Crippen LogP) is 1.77. The Bertz CT molecular complexity index is 174. The molecule has 110 valence electrons. The maximum absolute atomic E-state index is 9.49. The average Bonchev–Trinajstić information content (AvgIpc) is 2.39. The Labute approximate surface area is 112 Å². The van der Waals surface area contributed by atoms with Crippen molar-refractivity contribution in [3.63, 3.8) is 0 Å². The molecule has 1 atom stereocenters. The summed E-state index contributed by atoms with van der Waals surface area (Å²) >= 11 is 0. The number of hydrogen-bond acceptors (Lipinski definition) is 4. The third-order valence-corrected chi connectivity index (χ3v) is 3.35. The summed E-state index contributed by atoms with van der Waals surface area (Å²) in [5, 5.41) is 9.49. The minimum atomic E-state index is -0.0293. The van der Waals surface area contributed by atoms with Gasteiger partial charge < -0.3 is 14.6 Å². The van der Waals surface area contributed by atoms with E-state index in [0.29, 0.717) is 0 Å². The molecule has 0 amide bonds. The second-order valence-electron chi connectivity index (χ2n) is 4.99. The molecule has 1 unspecified atom stereocenters. The van der Waals surface area contributed by atoms with Gasteiger partial charge in [0.05, 0.1) is 13.2 Å². The number of aliphatic hydroxyl groups excluding tert-OH is 1. The lowest BCUT2D eigenvalue weighted by Crippen LogP contribution is -2.41. The zero-order valence-electron chi connectivity index (χ0n) is 12.6. The average molecular weight is 261 g/mol. The summed E-state index contributed by atoms with van der Waals surface area (Å²) in [4.78, 5) is 2.32. The SMILES string of the molecule is CCOCCN(CCOCC)CC(C)(CC)CO. The van der Waals surface area contributed by atoms with Crippen LogP contribution in [0.4, 0.5) is 0 Å². The van der Waals surface area contributed by atoms with E-state index >= 15 is 0 Å². The highest BCUT2D eigenvalue weighted by Crippen LogP contribution is 2.21. The van der Waals surface area contributed by atoms with Crippen LogP contribution in [0.5, 0.6) is 0 Å². The summed E-state index contributed by atoms with van der Waals surface area (Å²) in [7, 11) is 0. The van der Waals surface area contributed by atoms with Crippen molar-refractivity contribution in [2.75, 3.05) is 52.7 Å². The van der Waals surface area contributed by atoms with Gasteiger partial charge in [-0.05, 0) is 20.3 Å². The van der Waals surface area contributed by atoms with Crippen molar-refractivity contribution in [2.24, 2.45) is 5.41 Å². The van der Waals surface area contributed by atoms with E-state index in [1.165, 1.54) is 0 Å². The van der Waals surface area contributed by atoms with Crippen LogP contribution < -0.4 is 0 Å². The lowest BCUT2D eigenvalue weighted by molar-refractivity contribution is 0.0408. The second-order valence-corrected chi connectivity index (χ2v) is 4.99. The minimum absolute atomic E-state index is 0.0293. The summed E-state index contributed by atoms with van der Waals surface area (Å²) in [6.45, 7) is 14.2. The Morgan fingerprint density at radius 2 is 1.50 bits per heavy atom. The molecule has 18 heavy (non-hydrogen) atoms. The molecule has 4 heteroatoms. The van der Waals surface area contributed by atoms with Crippen molar-refractivity contribution in [3.05, 3.63) is 0 Å². The fourth-order valence-corrected chi connectivity index (χ4v) is 1.76. The van der Waals surface area contributed by atoms with Gasteiger partial charge in [0.2, 0.25) is 0 Å². The smallest absolute Gasteiger partial charge is 0.0593 e. The molecule has 1 N–H and O–H groups in total. The summed E-state index contributed by atoms with van der Waals surface area (Å²) in [5.41, 5.74) is -0.0293. The fraction of sp³-hybridized carbons (Fsp3) is 1.00. The van der Waals surface area contributed by atoms with Gasteiger partial charge in [-0.25, -0.2) is 0 Å². The van der Waals surface area contributed by atoms with E-state index < -0.39 is 0 Å². The van der Waals surface area contributed by atoms with Gasteiger partial charge in [0, 0.05) is 44.9 Å². The summed E-state index contributed by atoms with van der Waals surface area (Å²) in [6.07, 6.45) is 0.975. The van der Waals surface area contributed by atoms with Crippen LogP contribution in [0.25, 0.3) is 0 Å². The molecule has 0 spiro atoms. The summed E-state index contributed by atoms with van der Waals surface area (Å²) in [5.74, 6) is 0. The van der Waals surface area contributed by atoms with Gasteiger partial charge in [-0.3, -0.25) is 4.90 Å². The maximum Gasteiger partial charge on any atom is 0.0593 e. The van der Waals surface area contributed by atoms with Crippen molar-refractivity contribution in [1.29, 1.82) is 0 Å². The summed E-state index contributed by atoms with van der Waals surface area (Å²) < 4.78 is 10.8. The third kappa shape index (κ3) is 8.03. The van der Waals surface area contributed by atoms with E-state index in [1.54, 1.807) is 0 Å². The maximum atomic E-state index is 9.49. The van der Waals surface area contributed by atoms with Gasteiger partial charge in [0.15, 0.2) is 0 Å². The van der Waals surface area contributed by atoms with Crippen molar-refractivity contribution < 1.29 is 14.6 Å². The van der Waals surface area contributed by atoms with Gasteiger partial charge in [0.25, 0.3) is 0 Å². The lowest BCUT2D eigenvalue weighted by atomic mass is 9.88. The third-order valence-electron chi connectivity index (χ3n) is 3.35. The molecule has 0 aliphatic heterocycles. The molecule has 0 saturated heterocycles. The first-order valence-corrected chi connectivity index (χ1v) is 7.10. The normalized spacial score (nSPS) is 15.0. The van der Waals surface area contributed by atoms with Crippen LogP contribution in [0, 0.1) is 5.41 Å². The van der Waals surface area contributed by atoms with Gasteiger partial charge >= 0.3 is 0 Å². The van der Waals surface area contributed by atoms with Crippen LogP contribution in [0.15, 0.2) is 0 Å². The van der Waals surface area contributed by atoms with Gasteiger partial charge in [-0.2, -0.15) is 0 Å². The van der Waals surface area contributed by atoms with Crippen molar-refractivity contribution in [2.45, 2.75) is 34.1 Å². The Morgan fingerprint density at radius 3 is 1.83 bits per heavy atom. The molecular formula is C14H31NO3. The van der Waals surface area contributed by atoms with Crippen LogP contribution in [0.3, 0.4) is 0 Å². The zero-order valence-corrected chi connectivity index (χ0v) is 12.6. The number of hydrogen-bond donors (Lipinski definition) is 1. The molecule has 0 rings (SSSR count). The molecule has 0 aliphatic carbocycles. The Hall–Kier alpha value is -0.160. The first-order chi connectivity index (χ1) is 8.61. The molecule has 0 saturated carbocycles. The molecule has 4 nitrogen and oxygen atoms in total. The van der Waals surface area contributed by atoms with Crippen LogP contribution in [0.1, 0.15) is 34.1 Å². The highest BCUT2D eigenvalue weighted by atomic mass is 16.5. The zero-order chi connectivity index (χ0) is 13.9. The standard InChI is InChI=1S/C14H31NO3/c1-5-14(4,13-16)12-15(8-10-17-6-2)9-11-18-7-3/h16H,5-13H2,1-4H3. The molecule has 0 aromatic heterocycles. The van der Waals surface area contributed by atoms with E-state index in [1.807, 2.05) is 13.8 Å². The molecule has 0 aromatic carbocycles. The van der Waals surface area contributed by atoms with Crippen LogP contribution >= 0.6 is 0 Å². The fourth-order valence-electron chi connectivity index (χ4n) is 1.76. The van der Waals surface area contributed by atoms with E-state index in [2.05, 4.69) is 18.7 Å². The quantitative estimate of drug-likeness (QED) is 0.544. The predicted molar refractivity (Wildman–Crippen MR) is 74.9 cm³/mol. The number of nitrogens with zero attached hydrogens (tertiary/aromatic N) is 1. The Kier molecular flexibility index (Phi) is 10.6. The molecular weight excluding hydrogens is 230 g/mol. The number of rotatable bonds is 12. The number of aliphatic hydroxyl groups is 1. The first-order valence-electron chi connectivity index (χ1n) is 7.10.